The second kappa shape index (κ2) is 6.55. The summed E-state index contributed by atoms with van der Waals surface area (Å²) in [6.07, 6.45) is 0. The highest BCUT2D eigenvalue weighted by molar-refractivity contribution is 5.38. The van der Waals surface area contributed by atoms with Gasteiger partial charge < -0.3 is 15.8 Å². The zero-order chi connectivity index (χ0) is 16.3. The van der Waals surface area contributed by atoms with E-state index in [0.717, 1.165) is 5.56 Å². The van der Waals surface area contributed by atoms with Crippen LogP contribution in [0.2, 0.25) is 0 Å². The van der Waals surface area contributed by atoms with Crippen LogP contribution in [0.5, 0.6) is 5.75 Å². The molecular formula is C15H20FN5O. The molecule has 7 heteroatoms. The SMILES string of the molecule is COc1cc(C(C)Nc2nc(N)nc(C(C)C)n2)ccc1F. The van der Waals surface area contributed by atoms with E-state index < -0.39 is 5.82 Å². The number of nitrogens with two attached hydrogens (primary N) is 1. The lowest BCUT2D eigenvalue weighted by atomic mass is 10.1. The van der Waals surface area contributed by atoms with Crippen molar-refractivity contribution in [2.45, 2.75) is 32.7 Å². The van der Waals surface area contributed by atoms with Crippen molar-refractivity contribution in [1.82, 2.24) is 15.0 Å². The third-order valence-corrected chi connectivity index (χ3v) is 3.21. The van der Waals surface area contributed by atoms with Crippen LogP contribution in [-0.2, 0) is 0 Å². The van der Waals surface area contributed by atoms with Crippen LogP contribution in [0.25, 0.3) is 0 Å². The van der Waals surface area contributed by atoms with E-state index in [1.165, 1.54) is 13.2 Å². The molecule has 0 saturated heterocycles. The van der Waals surface area contributed by atoms with Gasteiger partial charge in [0.25, 0.3) is 0 Å². The minimum absolute atomic E-state index is 0.142. The fourth-order valence-electron chi connectivity index (χ4n) is 1.95. The van der Waals surface area contributed by atoms with E-state index in [1.54, 1.807) is 12.1 Å². The Morgan fingerprint density at radius 2 is 1.91 bits per heavy atom. The summed E-state index contributed by atoms with van der Waals surface area (Å²) >= 11 is 0. The van der Waals surface area contributed by atoms with Gasteiger partial charge in [-0.15, -0.1) is 0 Å². The normalized spacial score (nSPS) is 12.3. The average Bonchev–Trinajstić information content (AvgIpc) is 2.46. The van der Waals surface area contributed by atoms with Crippen molar-refractivity contribution in [1.29, 1.82) is 0 Å². The van der Waals surface area contributed by atoms with Crippen molar-refractivity contribution in [3.05, 3.63) is 35.4 Å². The van der Waals surface area contributed by atoms with Crippen molar-refractivity contribution < 1.29 is 9.13 Å². The molecular weight excluding hydrogens is 285 g/mol. The van der Waals surface area contributed by atoms with Crippen LogP contribution in [-0.4, -0.2) is 22.1 Å². The van der Waals surface area contributed by atoms with Gasteiger partial charge in [-0.2, -0.15) is 15.0 Å². The van der Waals surface area contributed by atoms with Gasteiger partial charge >= 0.3 is 0 Å². The number of anilines is 2. The average molecular weight is 305 g/mol. The monoisotopic (exact) mass is 305 g/mol. The van der Waals surface area contributed by atoms with E-state index >= 15 is 0 Å². The molecule has 0 spiro atoms. The van der Waals surface area contributed by atoms with Gasteiger partial charge in [0, 0.05) is 5.92 Å². The fourth-order valence-corrected chi connectivity index (χ4v) is 1.95. The lowest BCUT2D eigenvalue weighted by molar-refractivity contribution is 0.385. The molecule has 1 atom stereocenters. The van der Waals surface area contributed by atoms with Gasteiger partial charge in [0.1, 0.15) is 5.82 Å². The summed E-state index contributed by atoms with van der Waals surface area (Å²) in [7, 11) is 1.43. The second-order valence-corrected chi connectivity index (χ2v) is 5.29. The molecule has 2 aromatic rings. The van der Waals surface area contributed by atoms with Crippen LogP contribution in [0.4, 0.5) is 16.3 Å². The molecule has 118 valence electrons. The molecule has 0 bridgehead atoms. The number of halogens is 1. The molecule has 0 saturated carbocycles. The Bertz CT molecular complexity index is 662. The van der Waals surface area contributed by atoms with Crippen molar-refractivity contribution >= 4 is 11.9 Å². The predicted octanol–water partition coefficient (Wildman–Crippen LogP) is 2.90. The molecule has 1 heterocycles. The van der Waals surface area contributed by atoms with E-state index in [2.05, 4.69) is 20.3 Å². The highest BCUT2D eigenvalue weighted by Gasteiger charge is 2.13. The van der Waals surface area contributed by atoms with Crippen molar-refractivity contribution in [3.8, 4) is 5.75 Å². The number of nitrogens with one attached hydrogen (secondary N) is 1. The van der Waals surface area contributed by atoms with Crippen LogP contribution >= 0.6 is 0 Å². The first-order chi connectivity index (χ1) is 10.4. The zero-order valence-corrected chi connectivity index (χ0v) is 13.1. The Hall–Kier alpha value is -2.44. The third-order valence-electron chi connectivity index (χ3n) is 3.21. The number of aromatic nitrogens is 3. The Morgan fingerprint density at radius 1 is 1.18 bits per heavy atom. The smallest absolute Gasteiger partial charge is 0.228 e. The maximum absolute atomic E-state index is 13.5. The van der Waals surface area contributed by atoms with E-state index in [1.807, 2.05) is 20.8 Å². The zero-order valence-electron chi connectivity index (χ0n) is 13.1. The van der Waals surface area contributed by atoms with E-state index in [0.29, 0.717) is 11.8 Å². The van der Waals surface area contributed by atoms with Crippen LogP contribution in [0, 0.1) is 5.82 Å². The number of benzene rings is 1. The van der Waals surface area contributed by atoms with Crippen molar-refractivity contribution in [2.24, 2.45) is 0 Å². The summed E-state index contributed by atoms with van der Waals surface area (Å²) in [4.78, 5) is 12.5. The Labute approximate surface area is 129 Å². The summed E-state index contributed by atoms with van der Waals surface area (Å²) in [6.45, 7) is 5.88. The predicted molar refractivity (Wildman–Crippen MR) is 83.3 cm³/mol. The molecule has 0 aliphatic rings. The number of methoxy groups -OCH3 is 1. The molecule has 3 N–H and O–H groups in total. The summed E-state index contributed by atoms with van der Waals surface area (Å²) in [5, 5.41) is 3.14. The van der Waals surface area contributed by atoms with Gasteiger partial charge in [-0.1, -0.05) is 19.9 Å². The summed E-state index contributed by atoms with van der Waals surface area (Å²) in [5.41, 5.74) is 6.56. The summed E-state index contributed by atoms with van der Waals surface area (Å²) in [6, 6.07) is 4.55. The fraction of sp³-hybridized carbons (Fsp3) is 0.400. The number of nitrogens with zero attached hydrogens (tertiary/aromatic N) is 3. The Morgan fingerprint density at radius 3 is 2.55 bits per heavy atom. The number of nitrogen functional groups attached to an aromatic ring is 1. The first kappa shape index (κ1) is 15.9. The van der Waals surface area contributed by atoms with E-state index in [4.69, 9.17) is 10.5 Å². The first-order valence-corrected chi connectivity index (χ1v) is 7.02. The summed E-state index contributed by atoms with van der Waals surface area (Å²) < 4.78 is 18.5. The van der Waals surface area contributed by atoms with Gasteiger partial charge in [-0.3, -0.25) is 0 Å². The van der Waals surface area contributed by atoms with Crippen molar-refractivity contribution in [2.75, 3.05) is 18.2 Å². The van der Waals surface area contributed by atoms with Gasteiger partial charge in [-0.25, -0.2) is 4.39 Å². The highest BCUT2D eigenvalue weighted by Crippen LogP contribution is 2.24. The molecule has 6 nitrogen and oxygen atoms in total. The minimum Gasteiger partial charge on any atom is -0.494 e. The maximum atomic E-state index is 13.5. The third kappa shape index (κ3) is 3.60. The molecule has 1 aromatic carbocycles. The van der Waals surface area contributed by atoms with E-state index in [-0.39, 0.29) is 23.7 Å². The van der Waals surface area contributed by atoms with Gasteiger partial charge in [0.15, 0.2) is 11.6 Å². The quantitative estimate of drug-likeness (QED) is 0.883. The number of hydrogen-bond donors (Lipinski definition) is 2. The maximum Gasteiger partial charge on any atom is 0.228 e. The largest absolute Gasteiger partial charge is 0.494 e. The molecule has 0 aliphatic heterocycles. The number of hydrogen-bond acceptors (Lipinski definition) is 6. The van der Waals surface area contributed by atoms with Crippen LogP contribution in [0.15, 0.2) is 18.2 Å². The van der Waals surface area contributed by atoms with E-state index in [9.17, 15) is 4.39 Å². The van der Waals surface area contributed by atoms with Gasteiger partial charge in [0.05, 0.1) is 13.2 Å². The molecule has 1 unspecified atom stereocenters. The minimum atomic E-state index is -0.398. The summed E-state index contributed by atoms with van der Waals surface area (Å²) in [5.74, 6) is 1.14. The lowest BCUT2D eigenvalue weighted by Gasteiger charge is -2.16. The van der Waals surface area contributed by atoms with Gasteiger partial charge in [-0.05, 0) is 24.6 Å². The Balaban J connectivity index is 2.23. The molecule has 2 rings (SSSR count). The highest BCUT2D eigenvalue weighted by atomic mass is 19.1. The second-order valence-electron chi connectivity index (χ2n) is 5.29. The number of rotatable bonds is 5. The first-order valence-electron chi connectivity index (χ1n) is 7.02. The lowest BCUT2D eigenvalue weighted by Crippen LogP contribution is -2.13. The number of ether oxygens (including phenoxy) is 1. The van der Waals surface area contributed by atoms with Crippen LogP contribution in [0.3, 0.4) is 0 Å². The van der Waals surface area contributed by atoms with Crippen LogP contribution in [0.1, 0.15) is 44.1 Å². The standard InChI is InChI=1S/C15H20FN5O/c1-8(2)13-19-14(17)21-15(20-13)18-9(3)10-5-6-11(16)12(7-10)22-4/h5-9H,1-4H3,(H3,17,18,19,20,21). The molecule has 0 fully saturated rings. The molecule has 0 radical (unpaired) electrons. The Kier molecular flexibility index (Phi) is 4.75. The van der Waals surface area contributed by atoms with Crippen molar-refractivity contribution in [3.63, 3.8) is 0 Å². The topological polar surface area (TPSA) is 86.0 Å². The van der Waals surface area contributed by atoms with Gasteiger partial charge in [0.2, 0.25) is 11.9 Å². The van der Waals surface area contributed by atoms with Crippen LogP contribution < -0.4 is 15.8 Å². The molecule has 0 amide bonds. The molecule has 22 heavy (non-hydrogen) atoms. The molecule has 0 aliphatic carbocycles. The molecule has 1 aromatic heterocycles.